The second-order valence-corrected chi connectivity index (χ2v) is 7.65. The predicted octanol–water partition coefficient (Wildman–Crippen LogP) is 7.78. The molecule has 0 heterocycles. The Kier molecular flexibility index (Phi) is 12.3. The molecule has 0 fully saturated rings. The van der Waals surface area contributed by atoms with Crippen LogP contribution < -0.4 is 4.74 Å². The van der Waals surface area contributed by atoms with Gasteiger partial charge in [-0.15, -0.1) is 0 Å². The standard InChI is InChI=1S/C14H20F2O.C9H15N/c1-14(2,3)9-6-10-17-12-8-5-4-7-11(12)13(15)16;1-5-8(3)7-9(4)10-6-2/h4-5,7-8,13H,6,9-10H2,1-3H3;6-7H,2,5H2,1,3-4H3/b;8-7-,10-9?. The number of rotatable bonds is 8. The summed E-state index contributed by atoms with van der Waals surface area (Å²) in [6, 6.07) is 6.32. The van der Waals surface area contributed by atoms with Gasteiger partial charge < -0.3 is 4.74 Å². The summed E-state index contributed by atoms with van der Waals surface area (Å²) in [5.41, 5.74) is 2.60. The van der Waals surface area contributed by atoms with E-state index in [-0.39, 0.29) is 11.0 Å². The molecule has 4 heteroatoms. The Hall–Kier alpha value is -1.97. The molecule has 0 aliphatic rings. The van der Waals surface area contributed by atoms with Crippen molar-refractivity contribution in [2.45, 2.75) is 67.2 Å². The van der Waals surface area contributed by atoms with E-state index in [0.717, 1.165) is 25.0 Å². The number of hydrogen-bond donors (Lipinski definition) is 0. The third kappa shape index (κ3) is 12.9. The van der Waals surface area contributed by atoms with E-state index in [0.29, 0.717) is 12.4 Å². The highest BCUT2D eigenvalue weighted by atomic mass is 19.3. The van der Waals surface area contributed by atoms with Gasteiger partial charge in [0.2, 0.25) is 0 Å². The van der Waals surface area contributed by atoms with Crippen molar-refractivity contribution in [3.63, 3.8) is 0 Å². The summed E-state index contributed by atoms with van der Waals surface area (Å²) in [6.07, 6.45) is 4.14. The number of aliphatic imine (C=N–C) groups is 1. The Labute approximate surface area is 164 Å². The van der Waals surface area contributed by atoms with E-state index in [9.17, 15) is 8.78 Å². The molecule has 0 atom stereocenters. The summed E-state index contributed by atoms with van der Waals surface area (Å²) in [6.45, 7) is 16.7. The second kappa shape index (κ2) is 13.2. The SMILES string of the molecule is C=CN=C(C)/C=C(/C)CC.CC(C)(C)CCCOc1ccccc1C(F)F. The van der Waals surface area contributed by atoms with Gasteiger partial charge >= 0.3 is 0 Å². The molecule has 1 aromatic carbocycles. The fraction of sp³-hybridized carbons (Fsp3) is 0.522. The number of nitrogens with zero attached hydrogens (tertiary/aromatic N) is 1. The van der Waals surface area contributed by atoms with Gasteiger partial charge in [0.15, 0.2) is 0 Å². The average Bonchev–Trinajstić information content (AvgIpc) is 2.58. The van der Waals surface area contributed by atoms with Crippen molar-refractivity contribution in [2.24, 2.45) is 10.4 Å². The van der Waals surface area contributed by atoms with Crippen LogP contribution in [0.4, 0.5) is 8.78 Å². The number of alkyl halides is 2. The molecule has 0 radical (unpaired) electrons. The first-order valence-corrected chi connectivity index (χ1v) is 9.43. The predicted molar refractivity (Wildman–Crippen MR) is 113 cm³/mol. The van der Waals surface area contributed by atoms with Crippen LogP contribution in [0.15, 0.2) is 53.7 Å². The summed E-state index contributed by atoms with van der Waals surface area (Å²) >= 11 is 0. The van der Waals surface area contributed by atoms with Crippen molar-refractivity contribution in [2.75, 3.05) is 6.61 Å². The van der Waals surface area contributed by atoms with E-state index >= 15 is 0 Å². The minimum Gasteiger partial charge on any atom is -0.493 e. The molecule has 0 aromatic heterocycles. The van der Waals surface area contributed by atoms with Crippen LogP contribution in [-0.2, 0) is 0 Å². The third-order valence-electron chi connectivity index (χ3n) is 3.79. The van der Waals surface area contributed by atoms with Crippen LogP contribution in [0, 0.1) is 5.41 Å². The molecule has 1 rings (SSSR count). The number of benzene rings is 1. The van der Waals surface area contributed by atoms with Crippen molar-refractivity contribution in [3.8, 4) is 5.75 Å². The third-order valence-corrected chi connectivity index (χ3v) is 3.79. The molecular formula is C23H35F2NO. The van der Waals surface area contributed by atoms with Crippen LogP contribution in [0.1, 0.15) is 72.8 Å². The van der Waals surface area contributed by atoms with Crippen LogP contribution in [0.2, 0.25) is 0 Å². The lowest BCUT2D eigenvalue weighted by Gasteiger charge is -2.18. The van der Waals surface area contributed by atoms with Gasteiger partial charge in [-0.25, -0.2) is 8.78 Å². The first kappa shape index (κ1) is 25.0. The highest BCUT2D eigenvalue weighted by Crippen LogP contribution is 2.29. The number of para-hydroxylation sites is 1. The summed E-state index contributed by atoms with van der Waals surface area (Å²) in [7, 11) is 0. The van der Waals surface area contributed by atoms with E-state index in [2.05, 4.69) is 52.3 Å². The lowest BCUT2D eigenvalue weighted by Crippen LogP contribution is -2.08. The first-order valence-electron chi connectivity index (χ1n) is 9.43. The molecule has 0 aliphatic heterocycles. The van der Waals surface area contributed by atoms with Crippen molar-refractivity contribution in [1.82, 2.24) is 0 Å². The molecular weight excluding hydrogens is 344 g/mol. The van der Waals surface area contributed by atoms with Gasteiger partial charge in [0.25, 0.3) is 6.43 Å². The van der Waals surface area contributed by atoms with E-state index < -0.39 is 6.43 Å². The van der Waals surface area contributed by atoms with Gasteiger partial charge in [-0.3, -0.25) is 4.99 Å². The topological polar surface area (TPSA) is 21.6 Å². The van der Waals surface area contributed by atoms with Gasteiger partial charge in [-0.2, -0.15) is 0 Å². The lowest BCUT2D eigenvalue weighted by molar-refractivity contribution is 0.144. The van der Waals surface area contributed by atoms with E-state index in [1.54, 1.807) is 24.4 Å². The Morgan fingerprint density at radius 2 is 1.85 bits per heavy atom. The largest absolute Gasteiger partial charge is 0.493 e. The fourth-order valence-corrected chi connectivity index (χ4v) is 2.22. The molecule has 0 amide bonds. The Morgan fingerprint density at radius 3 is 2.37 bits per heavy atom. The first-order chi connectivity index (χ1) is 12.6. The molecule has 0 unspecified atom stereocenters. The number of hydrogen-bond acceptors (Lipinski definition) is 2. The van der Waals surface area contributed by atoms with Crippen molar-refractivity contribution < 1.29 is 13.5 Å². The van der Waals surface area contributed by atoms with Gasteiger partial charge in [0.1, 0.15) is 5.75 Å². The number of ether oxygens (including phenoxy) is 1. The van der Waals surface area contributed by atoms with Crippen molar-refractivity contribution in [1.29, 1.82) is 0 Å². The molecule has 27 heavy (non-hydrogen) atoms. The molecule has 0 saturated heterocycles. The molecule has 0 aliphatic carbocycles. The minimum absolute atomic E-state index is 0.0248. The molecule has 0 bridgehead atoms. The zero-order valence-corrected chi connectivity index (χ0v) is 17.7. The van der Waals surface area contributed by atoms with Gasteiger partial charge in [0.05, 0.1) is 12.2 Å². The van der Waals surface area contributed by atoms with Crippen LogP contribution >= 0.6 is 0 Å². The maximum Gasteiger partial charge on any atom is 0.267 e. The normalized spacial score (nSPS) is 12.5. The fourth-order valence-electron chi connectivity index (χ4n) is 2.22. The van der Waals surface area contributed by atoms with Crippen LogP contribution in [0.25, 0.3) is 0 Å². The maximum atomic E-state index is 12.6. The summed E-state index contributed by atoms with van der Waals surface area (Å²) in [4.78, 5) is 4.02. The summed E-state index contributed by atoms with van der Waals surface area (Å²) < 4.78 is 30.7. The van der Waals surface area contributed by atoms with Gasteiger partial charge in [-0.1, -0.05) is 52.0 Å². The maximum absolute atomic E-state index is 12.6. The Bertz CT molecular complexity index is 613. The summed E-state index contributed by atoms with van der Waals surface area (Å²) in [5.74, 6) is 0.302. The minimum atomic E-state index is -2.48. The Morgan fingerprint density at radius 1 is 1.22 bits per heavy atom. The van der Waals surface area contributed by atoms with E-state index in [1.165, 1.54) is 11.6 Å². The molecule has 2 nitrogen and oxygen atoms in total. The quantitative estimate of drug-likeness (QED) is 0.334. The van der Waals surface area contributed by atoms with Crippen molar-refractivity contribution >= 4 is 5.71 Å². The van der Waals surface area contributed by atoms with Gasteiger partial charge in [0, 0.05) is 11.9 Å². The van der Waals surface area contributed by atoms with Crippen LogP contribution in [0.5, 0.6) is 5.75 Å². The molecule has 0 spiro atoms. The number of allylic oxidation sites excluding steroid dienone is 2. The molecule has 152 valence electrons. The average molecular weight is 380 g/mol. The van der Waals surface area contributed by atoms with E-state index in [1.807, 2.05) is 6.92 Å². The number of halogens is 2. The second-order valence-electron chi connectivity index (χ2n) is 7.65. The molecule has 1 aromatic rings. The summed E-state index contributed by atoms with van der Waals surface area (Å²) in [5, 5.41) is 0. The zero-order valence-electron chi connectivity index (χ0n) is 17.7. The molecule has 0 N–H and O–H groups in total. The van der Waals surface area contributed by atoms with Crippen molar-refractivity contribution in [3.05, 3.63) is 54.3 Å². The smallest absolute Gasteiger partial charge is 0.267 e. The van der Waals surface area contributed by atoms with Crippen LogP contribution in [-0.4, -0.2) is 12.3 Å². The molecule has 0 saturated carbocycles. The Balaban J connectivity index is 0.000000580. The lowest BCUT2D eigenvalue weighted by atomic mass is 9.91. The highest BCUT2D eigenvalue weighted by molar-refractivity contribution is 5.93. The highest BCUT2D eigenvalue weighted by Gasteiger charge is 2.14. The van der Waals surface area contributed by atoms with Crippen LogP contribution in [0.3, 0.4) is 0 Å². The van der Waals surface area contributed by atoms with E-state index in [4.69, 9.17) is 4.74 Å². The monoisotopic (exact) mass is 379 g/mol. The van der Waals surface area contributed by atoms with Gasteiger partial charge in [-0.05, 0) is 56.7 Å². The zero-order chi connectivity index (χ0) is 20.9.